The molecule has 2 aromatic carbocycles. The van der Waals surface area contributed by atoms with Gasteiger partial charge in [-0.25, -0.2) is 0 Å². The lowest BCUT2D eigenvalue weighted by Crippen LogP contribution is -2.43. The second-order valence-corrected chi connectivity index (χ2v) is 5.73. The van der Waals surface area contributed by atoms with Crippen LogP contribution >= 0.6 is 0 Å². The summed E-state index contributed by atoms with van der Waals surface area (Å²) in [6.45, 7) is 2.08. The maximum Gasteiger partial charge on any atom is 0.215 e. The predicted molar refractivity (Wildman–Crippen MR) is 89.6 cm³/mol. The number of carbonyl (C=O) groups excluding carboxylic acids is 1. The van der Waals surface area contributed by atoms with Crippen molar-refractivity contribution in [2.45, 2.75) is 25.4 Å². The normalized spacial score (nSPS) is 16.9. The van der Waals surface area contributed by atoms with Crippen LogP contribution in [0.1, 0.15) is 31.0 Å². The zero-order valence-corrected chi connectivity index (χ0v) is 12.8. The van der Waals surface area contributed by atoms with Gasteiger partial charge < -0.3 is 0 Å². The highest BCUT2D eigenvalue weighted by atomic mass is 16.1. The summed E-state index contributed by atoms with van der Waals surface area (Å²) in [7, 11) is 0. The third-order valence-electron chi connectivity index (χ3n) is 4.27. The summed E-state index contributed by atoms with van der Waals surface area (Å²) >= 11 is 0. The summed E-state index contributed by atoms with van der Waals surface area (Å²) in [5.74, 6) is 0. The van der Waals surface area contributed by atoms with Crippen molar-refractivity contribution in [2.75, 3.05) is 18.0 Å². The number of nitrogens with zero attached hydrogens (tertiary/aromatic N) is 2. The summed E-state index contributed by atoms with van der Waals surface area (Å²) in [5.41, 5.74) is 2.11. The quantitative estimate of drug-likeness (QED) is 0.782. The number of likely N-dealkylation sites (tertiary alicyclic amines) is 1. The van der Waals surface area contributed by atoms with Crippen LogP contribution in [-0.4, -0.2) is 24.4 Å². The topological polar surface area (TPSA) is 23.6 Å². The molecule has 1 aliphatic heterocycles. The number of amides is 1. The molecule has 114 valence electrons. The van der Waals surface area contributed by atoms with Crippen LogP contribution < -0.4 is 4.90 Å². The number of carbonyl (C=O) groups is 1. The first-order valence-corrected chi connectivity index (χ1v) is 7.98. The van der Waals surface area contributed by atoms with Gasteiger partial charge in [-0.3, -0.25) is 14.6 Å². The second-order valence-electron chi connectivity index (χ2n) is 5.73. The van der Waals surface area contributed by atoms with E-state index in [9.17, 15) is 4.79 Å². The van der Waals surface area contributed by atoms with Crippen molar-refractivity contribution in [3.05, 3.63) is 66.2 Å². The molecule has 0 spiro atoms. The molecule has 0 aliphatic carbocycles. The fourth-order valence-corrected chi connectivity index (χ4v) is 3.20. The third kappa shape index (κ3) is 3.20. The Balaban J connectivity index is 1.98. The molecular formula is C19H22N2O. The molecule has 2 aromatic rings. The molecule has 1 unspecified atom stereocenters. The van der Waals surface area contributed by atoms with Gasteiger partial charge in [-0.2, -0.15) is 0 Å². The van der Waals surface area contributed by atoms with E-state index in [2.05, 4.69) is 17.0 Å². The lowest BCUT2D eigenvalue weighted by Gasteiger charge is -2.40. The molecule has 0 radical (unpaired) electrons. The lowest BCUT2D eigenvalue weighted by molar-refractivity contribution is -0.108. The van der Waals surface area contributed by atoms with Gasteiger partial charge in [-0.1, -0.05) is 55.0 Å². The summed E-state index contributed by atoms with van der Waals surface area (Å²) in [4.78, 5) is 16.1. The van der Waals surface area contributed by atoms with E-state index in [-0.39, 0.29) is 6.17 Å². The molecule has 0 bridgehead atoms. The molecule has 1 fully saturated rings. The number of hydrogen-bond acceptors (Lipinski definition) is 2. The van der Waals surface area contributed by atoms with Crippen LogP contribution in [0.5, 0.6) is 0 Å². The maximum absolute atomic E-state index is 11.9. The largest absolute Gasteiger partial charge is 0.294 e. The van der Waals surface area contributed by atoms with Crippen LogP contribution in [0.25, 0.3) is 0 Å². The smallest absolute Gasteiger partial charge is 0.215 e. The zero-order valence-electron chi connectivity index (χ0n) is 12.8. The van der Waals surface area contributed by atoms with Crippen LogP contribution in [0.15, 0.2) is 60.7 Å². The van der Waals surface area contributed by atoms with E-state index < -0.39 is 0 Å². The number of benzene rings is 2. The van der Waals surface area contributed by atoms with E-state index in [1.807, 2.05) is 53.4 Å². The zero-order chi connectivity index (χ0) is 15.2. The Hall–Kier alpha value is -2.13. The van der Waals surface area contributed by atoms with Crippen LogP contribution in [0.4, 0.5) is 5.69 Å². The minimum atomic E-state index is -0.0265. The summed E-state index contributed by atoms with van der Waals surface area (Å²) < 4.78 is 0. The molecule has 3 heteroatoms. The first-order valence-electron chi connectivity index (χ1n) is 7.98. The van der Waals surface area contributed by atoms with Crippen molar-refractivity contribution in [2.24, 2.45) is 0 Å². The third-order valence-corrected chi connectivity index (χ3v) is 4.27. The van der Waals surface area contributed by atoms with Crippen LogP contribution in [-0.2, 0) is 4.79 Å². The number of rotatable bonds is 5. The molecule has 1 atom stereocenters. The van der Waals surface area contributed by atoms with Crippen LogP contribution in [0, 0.1) is 0 Å². The van der Waals surface area contributed by atoms with Crippen molar-refractivity contribution in [1.82, 2.24) is 4.90 Å². The Morgan fingerprint density at radius 1 is 0.864 bits per heavy atom. The summed E-state index contributed by atoms with van der Waals surface area (Å²) in [6, 6.07) is 20.2. The fraction of sp³-hybridized carbons (Fsp3) is 0.316. The number of piperidine rings is 1. The van der Waals surface area contributed by atoms with Crippen molar-refractivity contribution in [3.8, 4) is 0 Å². The van der Waals surface area contributed by atoms with Gasteiger partial charge in [0.25, 0.3) is 0 Å². The predicted octanol–water partition coefficient (Wildman–Crippen LogP) is 3.83. The van der Waals surface area contributed by atoms with E-state index in [4.69, 9.17) is 0 Å². The summed E-state index contributed by atoms with van der Waals surface area (Å²) in [5, 5.41) is 0. The van der Waals surface area contributed by atoms with E-state index in [1.165, 1.54) is 24.8 Å². The average molecular weight is 294 g/mol. The van der Waals surface area contributed by atoms with Gasteiger partial charge in [0.2, 0.25) is 6.41 Å². The number of hydrogen-bond donors (Lipinski definition) is 0. The van der Waals surface area contributed by atoms with E-state index in [0.717, 1.165) is 25.2 Å². The first kappa shape index (κ1) is 14.8. The molecule has 22 heavy (non-hydrogen) atoms. The molecule has 1 amide bonds. The molecule has 3 rings (SSSR count). The maximum atomic E-state index is 11.9. The minimum Gasteiger partial charge on any atom is -0.294 e. The van der Waals surface area contributed by atoms with Crippen molar-refractivity contribution < 1.29 is 4.79 Å². The lowest BCUT2D eigenvalue weighted by atomic mass is 10.1. The van der Waals surface area contributed by atoms with E-state index in [0.29, 0.717) is 0 Å². The van der Waals surface area contributed by atoms with Gasteiger partial charge >= 0.3 is 0 Å². The Morgan fingerprint density at radius 3 is 2.05 bits per heavy atom. The molecular weight excluding hydrogens is 272 g/mol. The average Bonchev–Trinajstić information content (AvgIpc) is 2.62. The SMILES string of the molecule is O=CN(c1ccccc1)C(c1ccccc1)N1CCCCC1. The molecule has 0 saturated carbocycles. The summed E-state index contributed by atoms with van der Waals surface area (Å²) in [6.07, 6.45) is 4.61. The van der Waals surface area contributed by atoms with Gasteiger partial charge in [0, 0.05) is 18.8 Å². The Labute approximate surface area is 132 Å². The highest BCUT2D eigenvalue weighted by Gasteiger charge is 2.28. The van der Waals surface area contributed by atoms with E-state index >= 15 is 0 Å². The highest BCUT2D eigenvalue weighted by Crippen LogP contribution is 2.31. The molecule has 0 aromatic heterocycles. The van der Waals surface area contributed by atoms with Gasteiger partial charge in [0.15, 0.2) is 0 Å². The van der Waals surface area contributed by atoms with Crippen molar-refractivity contribution in [3.63, 3.8) is 0 Å². The van der Waals surface area contributed by atoms with Crippen LogP contribution in [0.2, 0.25) is 0 Å². The second kappa shape index (κ2) is 7.23. The minimum absolute atomic E-state index is 0.0265. The molecule has 3 nitrogen and oxygen atoms in total. The molecule has 1 heterocycles. The van der Waals surface area contributed by atoms with Crippen molar-refractivity contribution >= 4 is 12.1 Å². The molecule has 1 saturated heterocycles. The highest BCUT2D eigenvalue weighted by molar-refractivity contribution is 5.76. The monoisotopic (exact) mass is 294 g/mol. The molecule has 1 aliphatic rings. The Kier molecular flexibility index (Phi) is 4.86. The number of para-hydroxylation sites is 1. The van der Waals surface area contributed by atoms with Crippen molar-refractivity contribution in [1.29, 1.82) is 0 Å². The van der Waals surface area contributed by atoms with Gasteiger partial charge in [-0.15, -0.1) is 0 Å². The first-order chi connectivity index (χ1) is 10.9. The molecule has 0 N–H and O–H groups in total. The standard InChI is InChI=1S/C19H22N2O/c22-16-21(18-12-6-2-7-13-18)19(17-10-4-1-5-11-17)20-14-8-3-9-15-20/h1-2,4-7,10-13,16,19H,3,8-9,14-15H2. The Morgan fingerprint density at radius 2 is 1.45 bits per heavy atom. The van der Waals surface area contributed by atoms with Gasteiger partial charge in [0.05, 0.1) is 0 Å². The number of anilines is 1. The van der Waals surface area contributed by atoms with Gasteiger partial charge in [-0.05, 0) is 30.5 Å². The fourth-order valence-electron chi connectivity index (χ4n) is 3.20. The van der Waals surface area contributed by atoms with Gasteiger partial charge in [0.1, 0.15) is 6.17 Å². The Bertz CT molecular complexity index is 579. The van der Waals surface area contributed by atoms with E-state index in [1.54, 1.807) is 0 Å². The van der Waals surface area contributed by atoms with Crippen LogP contribution in [0.3, 0.4) is 0 Å².